The van der Waals surface area contributed by atoms with Crippen LogP contribution in [0.3, 0.4) is 0 Å². The molecule has 0 radical (unpaired) electrons. The normalized spacial score (nSPS) is 19.2. The van der Waals surface area contributed by atoms with Gasteiger partial charge in [0.25, 0.3) is 0 Å². The van der Waals surface area contributed by atoms with Crippen molar-refractivity contribution < 1.29 is 14.3 Å². The molecule has 1 aromatic rings. The van der Waals surface area contributed by atoms with E-state index in [0.717, 1.165) is 18.8 Å². The highest BCUT2D eigenvalue weighted by atomic mass is 16.4. The summed E-state index contributed by atoms with van der Waals surface area (Å²) in [4.78, 5) is 17.3. The Morgan fingerprint density at radius 1 is 1.58 bits per heavy atom. The van der Waals surface area contributed by atoms with Crippen molar-refractivity contribution in [3.8, 4) is 0 Å². The predicted octanol–water partition coefficient (Wildman–Crippen LogP) is 2.12. The van der Waals surface area contributed by atoms with Crippen LogP contribution in [-0.2, 0) is 16.8 Å². The van der Waals surface area contributed by atoms with E-state index in [1.807, 2.05) is 0 Å². The first kappa shape index (κ1) is 14.1. The van der Waals surface area contributed by atoms with Gasteiger partial charge in [-0.1, -0.05) is 27.7 Å². The van der Waals surface area contributed by atoms with Gasteiger partial charge in [-0.2, -0.15) is 0 Å². The van der Waals surface area contributed by atoms with Gasteiger partial charge in [-0.3, -0.25) is 9.69 Å². The van der Waals surface area contributed by atoms with Crippen molar-refractivity contribution in [2.45, 2.75) is 39.7 Å². The van der Waals surface area contributed by atoms with Gasteiger partial charge in [-0.25, -0.2) is 4.98 Å². The Kier molecular flexibility index (Phi) is 3.67. The first-order valence-corrected chi connectivity index (χ1v) is 6.67. The van der Waals surface area contributed by atoms with Crippen LogP contribution in [-0.4, -0.2) is 34.0 Å². The molecule has 0 spiro atoms. The highest BCUT2D eigenvalue weighted by Gasteiger charge is 2.35. The van der Waals surface area contributed by atoms with Crippen molar-refractivity contribution in [3.63, 3.8) is 0 Å². The molecule has 0 amide bonds. The number of nitrogens with zero attached hydrogens (tertiary/aromatic N) is 2. The highest BCUT2D eigenvalue weighted by Crippen LogP contribution is 2.27. The Balaban J connectivity index is 1.85. The lowest BCUT2D eigenvalue weighted by atomic mass is 9.87. The summed E-state index contributed by atoms with van der Waals surface area (Å²) in [7, 11) is 0. The van der Waals surface area contributed by atoms with Crippen LogP contribution in [0.15, 0.2) is 10.6 Å². The molecule has 1 aliphatic heterocycles. The summed E-state index contributed by atoms with van der Waals surface area (Å²) < 4.78 is 5.73. The molecular weight excluding hydrogens is 244 g/mol. The molecule has 1 aliphatic rings. The van der Waals surface area contributed by atoms with Crippen LogP contribution in [0.1, 0.15) is 39.3 Å². The van der Waals surface area contributed by atoms with Crippen molar-refractivity contribution in [2.24, 2.45) is 11.8 Å². The Hall–Kier alpha value is -1.36. The summed E-state index contributed by atoms with van der Waals surface area (Å²) in [5, 5.41) is 8.94. The third-order valence-corrected chi connectivity index (χ3v) is 3.73. The number of likely N-dealkylation sites (tertiary alicyclic amines) is 1. The molecule has 0 bridgehead atoms. The van der Waals surface area contributed by atoms with Gasteiger partial charge in [0, 0.05) is 18.5 Å². The first-order chi connectivity index (χ1) is 8.77. The number of aliphatic carboxylic acids is 1. The molecule has 1 unspecified atom stereocenters. The smallest absolute Gasteiger partial charge is 0.306 e. The highest BCUT2D eigenvalue weighted by molar-refractivity contribution is 5.70. The molecule has 2 rings (SSSR count). The third kappa shape index (κ3) is 3.15. The van der Waals surface area contributed by atoms with E-state index in [0.29, 0.717) is 12.4 Å². The van der Waals surface area contributed by atoms with E-state index in [1.54, 1.807) is 13.1 Å². The van der Waals surface area contributed by atoms with E-state index in [4.69, 9.17) is 9.52 Å². The molecule has 0 aliphatic carbocycles. The zero-order valence-electron chi connectivity index (χ0n) is 12.0. The van der Waals surface area contributed by atoms with Gasteiger partial charge in [0.05, 0.1) is 18.7 Å². The second-order valence-electron chi connectivity index (χ2n) is 6.45. The molecule has 1 fully saturated rings. The number of carbonyl (C=O) groups is 1. The summed E-state index contributed by atoms with van der Waals surface area (Å²) in [6.07, 6.45) is 1.78. The van der Waals surface area contributed by atoms with Crippen molar-refractivity contribution in [2.75, 3.05) is 13.1 Å². The maximum absolute atomic E-state index is 10.9. The summed E-state index contributed by atoms with van der Waals surface area (Å²) >= 11 is 0. The van der Waals surface area contributed by atoms with Gasteiger partial charge in [0.2, 0.25) is 5.89 Å². The van der Waals surface area contributed by atoms with E-state index in [9.17, 15) is 4.79 Å². The van der Waals surface area contributed by atoms with Crippen LogP contribution in [0, 0.1) is 11.8 Å². The van der Waals surface area contributed by atoms with Crippen LogP contribution in [0.2, 0.25) is 0 Å². The molecule has 5 nitrogen and oxygen atoms in total. The van der Waals surface area contributed by atoms with E-state index < -0.39 is 5.97 Å². The largest absolute Gasteiger partial charge is 0.481 e. The Morgan fingerprint density at radius 3 is 2.68 bits per heavy atom. The van der Waals surface area contributed by atoms with Crippen molar-refractivity contribution in [1.82, 2.24) is 9.88 Å². The van der Waals surface area contributed by atoms with Crippen LogP contribution in [0.4, 0.5) is 0 Å². The van der Waals surface area contributed by atoms with Gasteiger partial charge in [0.1, 0.15) is 5.76 Å². The minimum atomic E-state index is -0.712. The maximum atomic E-state index is 10.9. The molecule has 1 aromatic heterocycles. The molecule has 2 heterocycles. The van der Waals surface area contributed by atoms with Gasteiger partial charge in [-0.05, 0) is 5.92 Å². The average Bonchev–Trinajstić information content (AvgIpc) is 2.69. The summed E-state index contributed by atoms with van der Waals surface area (Å²) in [5.74, 6) is 0.862. The number of oxazole rings is 1. The molecule has 106 valence electrons. The molecule has 1 N–H and O–H groups in total. The predicted molar refractivity (Wildman–Crippen MR) is 70.8 cm³/mol. The SMILES string of the molecule is CC(C(=O)O)C1CN(Cc2ncc(C(C)(C)C)o2)C1. The monoisotopic (exact) mass is 266 g/mol. The standard InChI is InChI=1S/C14H22N2O3/c1-9(13(17)18)10-6-16(7-10)8-12-15-5-11(19-12)14(2,3)4/h5,9-10H,6-8H2,1-4H3,(H,17,18). The fourth-order valence-electron chi connectivity index (χ4n) is 2.18. The Bertz CT molecular complexity index is 456. The molecule has 0 aromatic carbocycles. The minimum absolute atomic E-state index is 0.0272. The fourth-order valence-corrected chi connectivity index (χ4v) is 2.18. The molecule has 1 saturated heterocycles. The van der Waals surface area contributed by atoms with Crippen LogP contribution >= 0.6 is 0 Å². The number of rotatable bonds is 4. The topological polar surface area (TPSA) is 66.6 Å². The van der Waals surface area contributed by atoms with Crippen molar-refractivity contribution in [1.29, 1.82) is 0 Å². The van der Waals surface area contributed by atoms with Crippen LogP contribution in [0.5, 0.6) is 0 Å². The lowest BCUT2D eigenvalue weighted by Gasteiger charge is -2.40. The molecule has 5 heteroatoms. The minimum Gasteiger partial charge on any atom is -0.481 e. The number of aromatic nitrogens is 1. The lowest BCUT2D eigenvalue weighted by molar-refractivity contribution is -0.145. The van der Waals surface area contributed by atoms with E-state index in [-0.39, 0.29) is 17.3 Å². The van der Waals surface area contributed by atoms with Gasteiger partial charge in [-0.15, -0.1) is 0 Å². The van der Waals surface area contributed by atoms with Gasteiger partial charge in [0.15, 0.2) is 0 Å². The van der Waals surface area contributed by atoms with E-state index in [2.05, 4.69) is 30.7 Å². The summed E-state index contributed by atoms with van der Waals surface area (Å²) in [6, 6.07) is 0. The summed E-state index contributed by atoms with van der Waals surface area (Å²) in [6.45, 7) is 10.3. The number of hydrogen-bond acceptors (Lipinski definition) is 4. The molecule has 19 heavy (non-hydrogen) atoms. The lowest BCUT2D eigenvalue weighted by Crippen LogP contribution is -2.50. The second kappa shape index (κ2) is 4.96. The zero-order valence-corrected chi connectivity index (χ0v) is 12.0. The van der Waals surface area contributed by atoms with Crippen LogP contribution in [0.25, 0.3) is 0 Å². The molecule has 1 atom stereocenters. The zero-order chi connectivity index (χ0) is 14.2. The van der Waals surface area contributed by atoms with Crippen molar-refractivity contribution in [3.05, 3.63) is 17.8 Å². The summed E-state index contributed by atoms with van der Waals surface area (Å²) in [5.41, 5.74) is -0.0272. The maximum Gasteiger partial charge on any atom is 0.306 e. The van der Waals surface area contributed by atoms with E-state index in [1.165, 1.54) is 0 Å². The molecular formula is C14H22N2O3. The second-order valence-corrected chi connectivity index (χ2v) is 6.45. The average molecular weight is 266 g/mol. The number of hydrogen-bond donors (Lipinski definition) is 1. The van der Waals surface area contributed by atoms with Crippen molar-refractivity contribution >= 4 is 5.97 Å². The quantitative estimate of drug-likeness (QED) is 0.904. The number of carboxylic acid groups (broad SMARTS) is 1. The van der Waals surface area contributed by atoms with E-state index >= 15 is 0 Å². The third-order valence-electron chi connectivity index (χ3n) is 3.73. The van der Waals surface area contributed by atoms with Gasteiger partial charge >= 0.3 is 5.97 Å². The van der Waals surface area contributed by atoms with Gasteiger partial charge < -0.3 is 9.52 Å². The first-order valence-electron chi connectivity index (χ1n) is 6.67. The Labute approximate surface area is 113 Å². The number of carboxylic acids is 1. The van der Waals surface area contributed by atoms with Crippen LogP contribution < -0.4 is 0 Å². The Morgan fingerprint density at radius 2 is 2.21 bits per heavy atom. The fraction of sp³-hybridized carbons (Fsp3) is 0.714. The molecule has 0 saturated carbocycles.